The normalized spacial score (nSPS) is 11.3. The zero-order valence-electron chi connectivity index (χ0n) is 10.9. The number of benzene rings is 1. The third-order valence-electron chi connectivity index (χ3n) is 2.69. The number of hydrogen-bond donors (Lipinski definition) is 2. The van der Waals surface area contributed by atoms with Crippen molar-refractivity contribution in [2.24, 2.45) is 0 Å². The van der Waals surface area contributed by atoms with Crippen molar-refractivity contribution in [1.29, 1.82) is 0 Å². The van der Waals surface area contributed by atoms with Crippen LogP contribution in [0.4, 0.5) is 5.69 Å². The largest absolute Gasteiger partial charge is 0.478 e. The Morgan fingerprint density at radius 2 is 1.90 bits per heavy atom. The number of aromatic carboxylic acids is 1. The van der Waals surface area contributed by atoms with Crippen molar-refractivity contribution in [1.82, 2.24) is 0 Å². The molecular weight excluding hydrogens is 298 g/mol. The number of aryl methyl sites for hydroxylation is 2. The molecule has 20 heavy (non-hydrogen) atoms. The van der Waals surface area contributed by atoms with Gasteiger partial charge in [-0.3, -0.25) is 4.72 Å². The summed E-state index contributed by atoms with van der Waals surface area (Å²) in [5.74, 6) is -1.04. The van der Waals surface area contributed by atoms with E-state index in [1.54, 1.807) is 19.1 Å². The smallest absolute Gasteiger partial charge is 0.335 e. The Morgan fingerprint density at radius 3 is 2.40 bits per heavy atom. The Kier molecular flexibility index (Phi) is 3.82. The Hall–Kier alpha value is -1.86. The highest BCUT2D eigenvalue weighted by Crippen LogP contribution is 2.24. The molecule has 0 aliphatic rings. The van der Waals surface area contributed by atoms with Crippen LogP contribution in [0.3, 0.4) is 0 Å². The standard InChI is InChI=1S/C13H13NO4S2/c1-8-7-10(4-5-11(8)13(15)16)14-20(17,18)12-6-3-9(2)19-12/h3-7,14H,1-2H3,(H,15,16). The van der Waals surface area contributed by atoms with Gasteiger partial charge in [0.1, 0.15) is 4.21 Å². The second kappa shape index (κ2) is 5.26. The van der Waals surface area contributed by atoms with Crippen molar-refractivity contribution in [2.75, 3.05) is 4.72 Å². The summed E-state index contributed by atoms with van der Waals surface area (Å²) in [6.45, 7) is 3.45. The Morgan fingerprint density at radius 1 is 1.20 bits per heavy atom. The molecule has 0 aliphatic heterocycles. The lowest BCUT2D eigenvalue weighted by atomic mass is 10.1. The maximum Gasteiger partial charge on any atom is 0.335 e. The van der Waals surface area contributed by atoms with Gasteiger partial charge in [0.15, 0.2) is 0 Å². The van der Waals surface area contributed by atoms with Crippen LogP contribution in [0.2, 0.25) is 0 Å². The quantitative estimate of drug-likeness (QED) is 0.909. The van der Waals surface area contributed by atoms with Crippen LogP contribution in [0, 0.1) is 13.8 Å². The average molecular weight is 311 g/mol. The maximum atomic E-state index is 12.1. The van der Waals surface area contributed by atoms with Gasteiger partial charge < -0.3 is 5.11 Å². The van der Waals surface area contributed by atoms with Gasteiger partial charge in [-0.1, -0.05) is 0 Å². The van der Waals surface area contributed by atoms with Gasteiger partial charge >= 0.3 is 5.97 Å². The summed E-state index contributed by atoms with van der Waals surface area (Å²) < 4.78 is 26.9. The second-order valence-electron chi connectivity index (χ2n) is 4.31. The van der Waals surface area contributed by atoms with Crippen LogP contribution in [0.25, 0.3) is 0 Å². The molecule has 2 N–H and O–H groups in total. The fourth-order valence-corrected chi connectivity index (χ4v) is 4.06. The third-order valence-corrected chi connectivity index (χ3v) is 5.56. The van der Waals surface area contributed by atoms with Crippen LogP contribution in [0.1, 0.15) is 20.8 Å². The van der Waals surface area contributed by atoms with E-state index in [-0.39, 0.29) is 9.77 Å². The number of carbonyl (C=O) groups is 1. The summed E-state index contributed by atoms with van der Waals surface area (Å²) in [6, 6.07) is 7.60. The molecule has 0 amide bonds. The minimum Gasteiger partial charge on any atom is -0.478 e. The zero-order chi connectivity index (χ0) is 14.9. The molecule has 1 heterocycles. The highest BCUT2D eigenvalue weighted by Gasteiger charge is 2.17. The van der Waals surface area contributed by atoms with Crippen LogP contribution in [0.5, 0.6) is 0 Å². The molecule has 2 aromatic rings. The molecule has 1 aromatic heterocycles. The monoisotopic (exact) mass is 311 g/mol. The van der Waals surface area contributed by atoms with Crippen LogP contribution in [-0.2, 0) is 10.0 Å². The fourth-order valence-electron chi connectivity index (χ4n) is 1.73. The van der Waals surface area contributed by atoms with Crippen LogP contribution in [0.15, 0.2) is 34.5 Å². The van der Waals surface area contributed by atoms with Crippen molar-refractivity contribution in [3.63, 3.8) is 0 Å². The molecule has 0 saturated heterocycles. The van der Waals surface area contributed by atoms with E-state index >= 15 is 0 Å². The Balaban J connectivity index is 2.30. The van der Waals surface area contributed by atoms with E-state index in [1.165, 1.54) is 29.5 Å². The number of anilines is 1. The molecule has 5 nitrogen and oxygen atoms in total. The predicted molar refractivity (Wildman–Crippen MR) is 78.0 cm³/mol. The molecular formula is C13H13NO4S2. The summed E-state index contributed by atoms with van der Waals surface area (Å²) in [5, 5.41) is 8.93. The van der Waals surface area contributed by atoms with Crippen molar-refractivity contribution in [2.45, 2.75) is 18.1 Å². The molecule has 2 rings (SSSR count). The van der Waals surface area contributed by atoms with Crippen LogP contribution >= 0.6 is 11.3 Å². The van der Waals surface area contributed by atoms with Crippen molar-refractivity contribution < 1.29 is 18.3 Å². The van der Waals surface area contributed by atoms with E-state index < -0.39 is 16.0 Å². The maximum absolute atomic E-state index is 12.1. The van der Waals surface area contributed by atoms with Gasteiger partial charge in [0.05, 0.1) is 5.56 Å². The van der Waals surface area contributed by atoms with Gasteiger partial charge in [-0.05, 0) is 49.7 Å². The number of thiophene rings is 1. The van der Waals surface area contributed by atoms with Gasteiger partial charge in [-0.2, -0.15) is 0 Å². The summed E-state index contributed by atoms with van der Waals surface area (Å²) in [5.41, 5.74) is 0.999. The van der Waals surface area contributed by atoms with E-state index in [9.17, 15) is 13.2 Å². The Labute approximate surface area is 120 Å². The number of nitrogens with one attached hydrogen (secondary N) is 1. The van der Waals surface area contributed by atoms with Gasteiger partial charge in [0.2, 0.25) is 0 Å². The first-order valence-corrected chi connectivity index (χ1v) is 8.03. The first-order valence-electron chi connectivity index (χ1n) is 5.73. The van der Waals surface area contributed by atoms with Crippen molar-refractivity contribution >= 4 is 33.0 Å². The van der Waals surface area contributed by atoms with E-state index in [0.717, 1.165) is 4.88 Å². The first kappa shape index (κ1) is 14.5. The molecule has 0 aliphatic carbocycles. The lowest BCUT2D eigenvalue weighted by molar-refractivity contribution is 0.0696. The summed E-state index contributed by atoms with van der Waals surface area (Å²) >= 11 is 1.18. The first-order chi connectivity index (χ1) is 9.29. The van der Waals surface area contributed by atoms with Gasteiger partial charge in [-0.25, -0.2) is 13.2 Å². The van der Waals surface area contributed by atoms with Crippen molar-refractivity contribution in [3.8, 4) is 0 Å². The molecule has 0 spiro atoms. The topological polar surface area (TPSA) is 83.5 Å². The molecule has 0 bridgehead atoms. The average Bonchev–Trinajstić information content (AvgIpc) is 2.75. The molecule has 1 aromatic carbocycles. The highest BCUT2D eigenvalue weighted by molar-refractivity contribution is 7.94. The van der Waals surface area contributed by atoms with Crippen LogP contribution in [-0.4, -0.2) is 19.5 Å². The van der Waals surface area contributed by atoms with Crippen molar-refractivity contribution in [3.05, 3.63) is 46.3 Å². The van der Waals surface area contributed by atoms with Gasteiger partial charge in [-0.15, -0.1) is 11.3 Å². The molecule has 0 fully saturated rings. The van der Waals surface area contributed by atoms with E-state index in [1.807, 2.05) is 6.92 Å². The lowest BCUT2D eigenvalue weighted by Gasteiger charge is -2.08. The summed E-state index contributed by atoms with van der Waals surface area (Å²) in [7, 11) is -3.62. The molecule has 0 atom stereocenters. The zero-order valence-corrected chi connectivity index (χ0v) is 12.5. The minimum atomic E-state index is -3.62. The molecule has 0 saturated carbocycles. The number of sulfonamides is 1. The van der Waals surface area contributed by atoms with E-state index in [2.05, 4.69) is 4.72 Å². The summed E-state index contributed by atoms with van der Waals surface area (Å²) in [4.78, 5) is 11.8. The molecule has 106 valence electrons. The number of carboxylic acids is 1. The summed E-state index contributed by atoms with van der Waals surface area (Å²) in [6.07, 6.45) is 0. The number of rotatable bonds is 4. The number of carboxylic acid groups (broad SMARTS) is 1. The van der Waals surface area contributed by atoms with Gasteiger partial charge in [0.25, 0.3) is 10.0 Å². The van der Waals surface area contributed by atoms with Gasteiger partial charge in [0, 0.05) is 10.6 Å². The molecule has 0 unspecified atom stereocenters. The van der Waals surface area contributed by atoms with E-state index in [0.29, 0.717) is 11.3 Å². The number of hydrogen-bond acceptors (Lipinski definition) is 4. The third kappa shape index (κ3) is 3.00. The molecule has 0 radical (unpaired) electrons. The predicted octanol–water partition coefficient (Wildman–Crippen LogP) is 2.86. The molecule has 7 heteroatoms. The fraction of sp³-hybridized carbons (Fsp3) is 0.154. The second-order valence-corrected chi connectivity index (χ2v) is 7.50. The SMILES string of the molecule is Cc1ccc(S(=O)(=O)Nc2ccc(C(=O)O)c(C)c2)s1. The highest BCUT2D eigenvalue weighted by atomic mass is 32.2. The minimum absolute atomic E-state index is 0.153. The Bertz CT molecular complexity index is 762. The van der Waals surface area contributed by atoms with Crippen LogP contribution < -0.4 is 4.72 Å². The van der Waals surface area contributed by atoms with E-state index in [4.69, 9.17) is 5.11 Å². The lowest BCUT2D eigenvalue weighted by Crippen LogP contribution is -2.12.